The number of likely N-dealkylation sites (tertiary alicyclic amines) is 1. The van der Waals surface area contributed by atoms with Gasteiger partial charge in [0.2, 0.25) is 5.91 Å². The molecule has 0 aromatic heterocycles. The third-order valence-corrected chi connectivity index (χ3v) is 2.59. The molecule has 1 amide bonds. The standard InChI is InChI=1S/C10H21N3O/c1-8(11)6-12-10(14)9-4-3-5-13(2)7-9/h8-9H,3-7,11H2,1-2H3,(H,12,14). The Morgan fingerprint density at radius 2 is 2.43 bits per heavy atom. The Balaban J connectivity index is 2.29. The maximum absolute atomic E-state index is 11.7. The van der Waals surface area contributed by atoms with Crippen LogP contribution >= 0.6 is 0 Å². The van der Waals surface area contributed by atoms with Crippen LogP contribution in [0.5, 0.6) is 0 Å². The van der Waals surface area contributed by atoms with E-state index in [2.05, 4.69) is 17.3 Å². The Morgan fingerprint density at radius 3 is 3.00 bits per heavy atom. The van der Waals surface area contributed by atoms with E-state index in [0.29, 0.717) is 6.54 Å². The summed E-state index contributed by atoms with van der Waals surface area (Å²) in [5, 5.41) is 2.88. The Labute approximate surface area is 85.8 Å². The van der Waals surface area contributed by atoms with Gasteiger partial charge in [-0.25, -0.2) is 0 Å². The molecule has 0 aromatic rings. The molecular weight excluding hydrogens is 178 g/mol. The lowest BCUT2D eigenvalue weighted by molar-refractivity contribution is -0.126. The number of hydrogen-bond donors (Lipinski definition) is 2. The van der Waals surface area contributed by atoms with Crippen molar-refractivity contribution in [3.05, 3.63) is 0 Å². The van der Waals surface area contributed by atoms with Gasteiger partial charge in [0.15, 0.2) is 0 Å². The van der Waals surface area contributed by atoms with Crippen molar-refractivity contribution in [2.45, 2.75) is 25.8 Å². The largest absolute Gasteiger partial charge is 0.354 e. The summed E-state index contributed by atoms with van der Waals surface area (Å²) >= 11 is 0. The van der Waals surface area contributed by atoms with E-state index in [1.54, 1.807) is 0 Å². The third-order valence-electron chi connectivity index (χ3n) is 2.59. The van der Waals surface area contributed by atoms with Crippen molar-refractivity contribution < 1.29 is 4.79 Å². The molecule has 2 atom stereocenters. The van der Waals surface area contributed by atoms with Gasteiger partial charge in [-0.05, 0) is 33.4 Å². The number of piperidine rings is 1. The van der Waals surface area contributed by atoms with E-state index in [1.807, 2.05) is 6.92 Å². The minimum absolute atomic E-state index is 0.0419. The van der Waals surface area contributed by atoms with Gasteiger partial charge in [0.05, 0.1) is 5.92 Å². The predicted octanol–water partition coefficient (Wildman–Crippen LogP) is -0.208. The summed E-state index contributed by atoms with van der Waals surface area (Å²) < 4.78 is 0. The highest BCUT2D eigenvalue weighted by Crippen LogP contribution is 2.14. The zero-order valence-corrected chi connectivity index (χ0v) is 9.12. The number of nitrogens with two attached hydrogens (primary N) is 1. The second-order valence-electron chi connectivity index (χ2n) is 4.32. The molecule has 4 heteroatoms. The molecule has 14 heavy (non-hydrogen) atoms. The van der Waals surface area contributed by atoms with Crippen LogP contribution in [0, 0.1) is 5.92 Å². The molecule has 0 aliphatic carbocycles. The van der Waals surface area contributed by atoms with Gasteiger partial charge in [-0.2, -0.15) is 0 Å². The molecule has 1 fully saturated rings. The Bertz CT molecular complexity index is 194. The van der Waals surface area contributed by atoms with Crippen LogP contribution in [0.2, 0.25) is 0 Å². The monoisotopic (exact) mass is 199 g/mol. The van der Waals surface area contributed by atoms with Crippen molar-refractivity contribution in [1.82, 2.24) is 10.2 Å². The number of carbonyl (C=O) groups excluding carboxylic acids is 1. The molecule has 1 aliphatic rings. The minimum Gasteiger partial charge on any atom is -0.354 e. The maximum Gasteiger partial charge on any atom is 0.224 e. The molecule has 4 nitrogen and oxygen atoms in total. The average Bonchev–Trinajstić information content (AvgIpc) is 2.14. The Morgan fingerprint density at radius 1 is 1.71 bits per heavy atom. The normalized spacial score (nSPS) is 25.8. The van der Waals surface area contributed by atoms with Crippen LogP contribution in [0.4, 0.5) is 0 Å². The minimum atomic E-state index is 0.0419. The van der Waals surface area contributed by atoms with Crippen molar-refractivity contribution >= 4 is 5.91 Å². The van der Waals surface area contributed by atoms with E-state index in [0.717, 1.165) is 25.9 Å². The molecule has 82 valence electrons. The highest BCUT2D eigenvalue weighted by Gasteiger charge is 2.23. The molecule has 1 saturated heterocycles. The summed E-state index contributed by atoms with van der Waals surface area (Å²) in [7, 11) is 2.06. The van der Waals surface area contributed by atoms with Crippen molar-refractivity contribution in [3.8, 4) is 0 Å². The lowest BCUT2D eigenvalue weighted by atomic mass is 9.97. The van der Waals surface area contributed by atoms with Gasteiger partial charge in [-0.3, -0.25) is 4.79 Å². The Hall–Kier alpha value is -0.610. The average molecular weight is 199 g/mol. The fourth-order valence-corrected chi connectivity index (χ4v) is 1.79. The van der Waals surface area contributed by atoms with Gasteiger partial charge in [-0.1, -0.05) is 0 Å². The first-order valence-electron chi connectivity index (χ1n) is 5.31. The topological polar surface area (TPSA) is 58.4 Å². The zero-order chi connectivity index (χ0) is 10.6. The van der Waals surface area contributed by atoms with Crippen LogP contribution in [-0.2, 0) is 4.79 Å². The van der Waals surface area contributed by atoms with Gasteiger partial charge in [0.25, 0.3) is 0 Å². The van der Waals surface area contributed by atoms with Gasteiger partial charge >= 0.3 is 0 Å². The second-order valence-corrected chi connectivity index (χ2v) is 4.32. The van der Waals surface area contributed by atoms with Crippen LogP contribution in [0.3, 0.4) is 0 Å². The number of nitrogens with zero attached hydrogens (tertiary/aromatic N) is 1. The van der Waals surface area contributed by atoms with Crippen molar-refractivity contribution in [1.29, 1.82) is 0 Å². The molecule has 1 heterocycles. The van der Waals surface area contributed by atoms with Gasteiger partial charge in [0.1, 0.15) is 0 Å². The molecule has 0 aromatic carbocycles. The van der Waals surface area contributed by atoms with E-state index in [-0.39, 0.29) is 17.9 Å². The summed E-state index contributed by atoms with van der Waals surface area (Å²) in [5.74, 6) is 0.321. The quantitative estimate of drug-likeness (QED) is 0.661. The number of amides is 1. The van der Waals surface area contributed by atoms with Crippen molar-refractivity contribution in [2.24, 2.45) is 11.7 Å². The smallest absolute Gasteiger partial charge is 0.224 e. The fourth-order valence-electron chi connectivity index (χ4n) is 1.79. The van der Waals surface area contributed by atoms with Gasteiger partial charge in [-0.15, -0.1) is 0 Å². The number of rotatable bonds is 3. The van der Waals surface area contributed by atoms with Crippen LogP contribution in [0.1, 0.15) is 19.8 Å². The summed E-state index contributed by atoms with van der Waals surface area (Å²) in [6.07, 6.45) is 2.13. The molecule has 0 radical (unpaired) electrons. The SMILES string of the molecule is CC(N)CNC(=O)C1CCCN(C)C1. The highest BCUT2D eigenvalue weighted by atomic mass is 16.1. The first-order valence-corrected chi connectivity index (χ1v) is 5.31. The Kier molecular flexibility index (Phi) is 4.35. The van der Waals surface area contributed by atoms with Crippen molar-refractivity contribution in [3.63, 3.8) is 0 Å². The van der Waals surface area contributed by atoms with E-state index in [1.165, 1.54) is 0 Å². The molecular formula is C10H21N3O. The molecule has 0 bridgehead atoms. The van der Waals surface area contributed by atoms with Gasteiger partial charge in [0, 0.05) is 19.1 Å². The summed E-state index contributed by atoms with van der Waals surface area (Å²) in [6, 6.07) is 0.0419. The van der Waals surface area contributed by atoms with Crippen molar-refractivity contribution in [2.75, 3.05) is 26.7 Å². The molecule has 0 saturated carbocycles. The van der Waals surface area contributed by atoms with Gasteiger partial charge < -0.3 is 16.0 Å². The van der Waals surface area contributed by atoms with E-state index >= 15 is 0 Å². The number of carbonyl (C=O) groups is 1. The van der Waals surface area contributed by atoms with Crippen LogP contribution in [-0.4, -0.2) is 43.5 Å². The number of hydrogen-bond acceptors (Lipinski definition) is 3. The zero-order valence-electron chi connectivity index (χ0n) is 9.12. The molecule has 0 spiro atoms. The second kappa shape index (κ2) is 5.32. The van der Waals surface area contributed by atoms with E-state index < -0.39 is 0 Å². The lowest BCUT2D eigenvalue weighted by Gasteiger charge is -2.28. The van der Waals surface area contributed by atoms with Crippen LogP contribution < -0.4 is 11.1 Å². The summed E-state index contributed by atoms with van der Waals surface area (Å²) in [4.78, 5) is 13.9. The molecule has 1 rings (SSSR count). The predicted molar refractivity (Wildman–Crippen MR) is 56.9 cm³/mol. The summed E-state index contributed by atoms with van der Waals surface area (Å²) in [6.45, 7) is 4.47. The molecule has 2 unspecified atom stereocenters. The van der Waals surface area contributed by atoms with Crippen LogP contribution in [0.15, 0.2) is 0 Å². The fraction of sp³-hybridized carbons (Fsp3) is 0.900. The molecule has 1 aliphatic heterocycles. The van der Waals surface area contributed by atoms with E-state index in [9.17, 15) is 4.79 Å². The molecule has 3 N–H and O–H groups in total. The number of nitrogens with one attached hydrogen (secondary N) is 1. The third kappa shape index (κ3) is 3.64. The summed E-state index contributed by atoms with van der Waals surface area (Å²) in [5.41, 5.74) is 5.57. The first-order chi connectivity index (χ1) is 6.59. The maximum atomic E-state index is 11.7. The highest BCUT2D eigenvalue weighted by molar-refractivity contribution is 5.78. The van der Waals surface area contributed by atoms with Crippen LogP contribution in [0.25, 0.3) is 0 Å². The lowest BCUT2D eigenvalue weighted by Crippen LogP contribution is -2.44. The first kappa shape index (κ1) is 11.5. The van der Waals surface area contributed by atoms with E-state index in [4.69, 9.17) is 5.73 Å².